The van der Waals surface area contributed by atoms with Gasteiger partial charge in [0.1, 0.15) is 0 Å². The summed E-state index contributed by atoms with van der Waals surface area (Å²) in [5.74, 6) is 0.896. The molecular weight excluding hydrogens is 500 g/mol. The van der Waals surface area contributed by atoms with Crippen molar-refractivity contribution in [2.45, 2.75) is 220 Å². The highest BCUT2D eigenvalue weighted by Crippen LogP contribution is 2.15. The highest BCUT2D eigenvalue weighted by Gasteiger charge is 2.02. The Bertz CT molecular complexity index is 524. The maximum absolute atomic E-state index is 11.9. The van der Waals surface area contributed by atoms with E-state index in [1.54, 1.807) is 0 Å². The first kappa shape index (κ1) is 40.2. The van der Waals surface area contributed by atoms with Gasteiger partial charge in [0.25, 0.3) is 0 Å². The second-order valence-corrected chi connectivity index (χ2v) is 13.4. The normalized spacial score (nSPS) is 11.7. The third-order valence-corrected chi connectivity index (χ3v) is 8.58. The topological polar surface area (TPSA) is 26.3 Å². The maximum atomic E-state index is 11.9. The van der Waals surface area contributed by atoms with Crippen molar-refractivity contribution < 1.29 is 9.53 Å². The van der Waals surface area contributed by atoms with Crippen molar-refractivity contribution in [3.63, 3.8) is 0 Å². The Kier molecular flexibility index (Phi) is 34.7. The van der Waals surface area contributed by atoms with Crippen molar-refractivity contribution in [1.82, 2.24) is 0 Å². The molecule has 0 rings (SSSR count). The molecule has 0 aromatic carbocycles. The molecule has 0 aromatic heterocycles. The van der Waals surface area contributed by atoms with Crippen molar-refractivity contribution >= 4 is 5.97 Å². The number of carbonyl (C=O) groups is 1. The zero-order valence-electron chi connectivity index (χ0n) is 28.7. The fourth-order valence-corrected chi connectivity index (χ4v) is 5.73. The Balaban J connectivity index is 3.18. The first-order valence-corrected chi connectivity index (χ1v) is 19.0. The van der Waals surface area contributed by atoms with Crippen LogP contribution in [0.25, 0.3) is 0 Å². The molecule has 0 heterocycles. The van der Waals surface area contributed by atoms with Gasteiger partial charge in [-0.3, -0.25) is 4.79 Å². The van der Waals surface area contributed by atoms with Crippen LogP contribution in [0.5, 0.6) is 0 Å². The molecule has 0 saturated carbocycles. The summed E-state index contributed by atoms with van der Waals surface area (Å²) in [5, 5.41) is 0. The van der Waals surface area contributed by atoms with Gasteiger partial charge in [0, 0.05) is 6.42 Å². The van der Waals surface area contributed by atoms with E-state index in [4.69, 9.17) is 4.74 Å². The van der Waals surface area contributed by atoms with Crippen LogP contribution in [0.3, 0.4) is 0 Å². The molecular formula is C39H76O2. The van der Waals surface area contributed by atoms with Gasteiger partial charge in [-0.2, -0.15) is 0 Å². The van der Waals surface area contributed by atoms with E-state index in [1.165, 1.54) is 173 Å². The molecule has 2 heteroatoms. The molecule has 0 spiro atoms. The van der Waals surface area contributed by atoms with Gasteiger partial charge in [0.15, 0.2) is 0 Å². The van der Waals surface area contributed by atoms with E-state index >= 15 is 0 Å². The van der Waals surface area contributed by atoms with Crippen LogP contribution in [0, 0.1) is 5.92 Å². The summed E-state index contributed by atoms with van der Waals surface area (Å²) < 4.78 is 5.45. The number of hydrogen-bond acceptors (Lipinski definition) is 2. The molecule has 0 unspecified atom stereocenters. The lowest BCUT2D eigenvalue weighted by Gasteiger charge is -2.06. The Hall–Kier alpha value is -0.790. The number of unbranched alkanes of at least 4 members (excludes halogenated alkanes) is 26. The molecule has 2 nitrogen and oxygen atoms in total. The van der Waals surface area contributed by atoms with Crippen LogP contribution >= 0.6 is 0 Å². The molecule has 0 aliphatic heterocycles. The van der Waals surface area contributed by atoms with Gasteiger partial charge in [-0.25, -0.2) is 0 Å². The predicted molar refractivity (Wildman–Crippen MR) is 184 cm³/mol. The second-order valence-electron chi connectivity index (χ2n) is 13.4. The largest absolute Gasteiger partial charge is 0.466 e. The molecule has 0 aliphatic rings. The maximum Gasteiger partial charge on any atom is 0.305 e. The van der Waals surface area contributed by atoms with E-state index in [2.05, 4.69) is 32.9 Å². The van der Waals surface area contributed by atoms with Crippen molar-refractivity contribution in [1.29, 1.82) is 0 Å². The molecule has 0 saturated heterocycles. The van der Waals surface area contributed by atoms with E-state index in [9.17, 15) is 4.79 Å². The smallest absolute Gasteiger partial charge is 0.305 e. The first-order chi connectivity index (χ1) is 20.2. The van der Waals surface area contributed by atoms with Crippen molar-refractivity contribution in [2.75, 3.05) is 6.61 Å². The lowest BCUT2D eigenvalue weighted by atomic mass is 10.0. The van der Waals surface area contributed by atoms with E-state index < -0.39 is 0 Å². The molecule has 0 atom stereocenters. The van der Waals surface area contributed by atoms with Crippen molar-refractivity contribution in [3.05, 3.63) is 12.2 Å². The molecule has 0 amide bonds. The summed E-state index contributed by atoms with van der Waals surface area (Å²) in [6, 6.07) is 0. The van der Waals surface area contributed by atoms with E-state index in [0.717, 1.165) is 25.2 Å². The van der Waals surface area contributed by atoms with Crippen molar-refractivity contribution in [2.24, 2.45) is 5.92 Å². The Labute approximate surface area is 259 Å². The number of rotatable bonds is 34. The molecule has 0 fully saturated rings. The van der Waals surface area contributed by atoms with Crippen LogP contribution in [-0.4, -0.2) is 12.6 Å². The van der Waals surface area contributed by atoms with Gasteiger partial charge in [-0.1, -0.05) is 187 Å². The van der Waals surface area contributed by atoms with Gasteiger partial charge in [-0.05, 0) is 44.4 Å². The summed E-state index contributed by atoms with van der Waals surface area (Å²) in [6.45, 7) is 7.58. The predicted octanol–water partition coefficient (Wildman–Crippen LogP) is 13.9. The van der Waals surface area contributed by atoms with Crippen LogP contribution in [-0.2, 0) is 9.53 Å². The zero-order valence-corrected chi connectivity index (χ0v) is 28.7. The molecule has 0 aliphatic carbocycles. The van der Waals surface area contributed by atoms with Crippen LogP contribution < -0.4 is 0 Å². The van der Waals surface area contributed by atoms with Crippen LogP contribution in [0.2, 0.25) is 0 Å². The van der Waals surface area contributed by atoms with Gasteiger partial charge < -0.3 is 4.74 Å². The van der Waals surface area contributed by atoms with Gasteiger partial charge in [0.2, 0.25) is 0 Å². The highest BCUT2D eigenvalue weighted by atomic mass is 16.5. The number of hydrogen-bond donors (Lipinski definition) is 0. The third-order valence-electron chi connectivity index (χ3n) is 8.58. The van der Waals surface area contributed by atoms with Gasteiger partial charge >= 0.3 is 5.97 Å². The number of carbonyl (C=O) groups excluding carboxylic acids is 1. The monoisotopic (exact) mass is 577 g/mol. The summed E-state index contributed by atoms with van der Waals surface area (Å²) in [6.07, 6.45) is 45.6. The number of allylic oxidation sites excluding steroid dienone is 2. The standard InChI is InChI=1S/C39H76O2/c1-4-5-6-7-8-9-10-11-14-18-21-24-27-30-33-36-39(40)41-37-34-31-28-25-22-19-16-13-12-15-17-20-23-26-29-32-35-38(2)3/h11,14,38H,4-10,12-13,15-37H2,1-3H3/b14-11-. The van der Waals surface area contributed by atoms with Crippen LogP contribution in [0.15, 0.2) is 12.2 Å². The fraction of sp³-hybridized carbons (Fsp3) is 0.923. The molecule has 0 N–H and O–H groups in total. The zero-order chi connectivity index (χ0) is 29.9. The summed E-state index contributed by atoms with van der Waals surface area (Å²) >= 11 is 0. The summed E-state index contributed by atoms with van der Waals surface area (Å²) in [7, 11) is 0. The average molecular weight is 577 g/mol. The van der Waals surface area contributed by atoms with E-state index in [1.807, 2.05) is 0 Å². The second kappa shape index (κ2) is 35.4. The lowest BCUT2D eigenvalue weighted by Crippen LogP contribution is -2.05. The van der Waals surface area contributed by atoms with Crippen LogP contribution in [0.4, 0.5) is 0 Å². The molecule has 244 valence electrons. The van der Waals surface area contributed by atoms with Crippen molar-refractivity contribution in [3.8, 4) is 0 Å². The first-order valence-electron chi connectivity index (χ1n) is 19.0. The highest BCUT2D eigenvalue weighted by molar-refractivity contribution is 5.69. The number of esters is 1. The van der Waals surface area contributed by atoms with Gasteiger partial charge in [0.05, 0.1) is 6.61 Å². The summed E-state index contributed by atoms with van der Waals surface area (Å²) in [5.41, 5.74) is 0. The fourth-order valence-electron chi connectivity index (χ4n) is 5.73. The minimum Gasteiger partial charge on any atom is -0.466 e. The molecule has 41 heavy (non-hydrogen) atoms. The van der Waals surface area contributed by atoms with E-state index in [-0.39, 0.29) is 5.97 Å². The Morgan fingerprint density at radius 2 is 0.854 bits per heavy atom. The number of ether oxygens (including phenoxy) is 1. The SMILES string of the molecule is CCCCCCCC/C=C\CCCCCCCC(=O)OCCCCCCCCCCCCCCCCCCC(C)C. The molecule has 0 aromatic rings. The lowest BCUT2D eigenvalue weighted by molar-refractivity contribution is -0.143. The molecule has 0 bridgehead atoms. The minimum atomic E-state index is 0.0178. The Morgan fingerprint density at radius 1 is 0.488 bits per heavy atom. The quantitative estimate of drug-likeness (QED) is 0.0432. The minimum absolute atomic E-state index is 0.0178. The average Bonchev–Trinajstić information content (AvgIpc) is 2.96. The van der Waals surface area contributed by atoms with E-state index in [0.29, 0.717) is 13.0 Å². The Morgan fingerprint density at radius 3 is 1.29 bits per heavy atom. The molecule has 0 radical (unpaired) electrons. The van der Waals surface area contributed by atoms with Gasteiger partial charge in [-0.15, -0.1) is 0 Å². The third kappa shape index (κ3) is 37.2. The van der Waals surface area contributed by atoms with Crippen LogP contribution in [0.1, 0.15) is 220 Å². The summed E-state index contributed by atoms with van der Waals surface area (Å²) in [4.78, 5) is 11.9.